The van der Waals surface area contributed by atoms with Crippen molar-refractivity contribution in [3.8, 4) is 0 Å². The van der Waals surface area contributed by atoms with E-state index in [4.69, 9.17) is 9.47 Å². The molecule has 0 amide bonds. The van der Waals surface area contributed by atoms with E-state index in [1.807, 2.05) is 0 Å². The zero-order valence-electron chi connectivity index (χ0n) is 15.6. The summed E-state index contributed by atoms with van der Waals surface area (Å²) in [7, 11) is 0. The molecule has 5 rings (SSSR count). The average Bonchev–Trinajstić information content (AvgIpc) is 3.17. The highest BCUT2D eigenvalue weighted by Crippen LogP contribution is 2.70. The standard InChI is InChI=1S/C21H31BrO3/c1-18-7-3-4-15(18)16-6-5-14-12-20(24-10-11-25-20)9-8-19(14,2)21(16,22)17(23)13-18/h14-16H,3-13H2,1-2H3/t14-,15-,16-,18-,19-,21-/m0/s1. The Morgan fingerprint density at radius 1 is 1.00 bits per heavy atom. The molecule has 6 atom stereocenters. The highest BCUT2D eigenvalue weighted by atomic mass is 79.9. The largest absolute Gasteiger partial charge is 0.348 e. The first-order chi connectivity index (χ1) is 11.8. The van der Waals surface area contributed by atoms with Crippen LogP contribution < -0.4 is 0 Å². The summed E-state index contributed by atoms with van der Waals surface area (Å²) < 4.78 is 11.7. The summed E-state index contributed by atoms with van der Waals surface area (Å²) in [6, 6.07) is 0. The van der Waals surface area contributed by atoms with Gasteiger partial charge in [-0.05, 0) is 60.7 Å². The molecule has 1 spiro atoms. The van der Waals surface area contributed by atoms with Gasteiger partial charge in [-0.15, -0.1) is 0 Å². The third kappa shape index (κ3) is 2.08. The molecule has 1 saturated heterocycles. The Bertz CT molecular complexity index is 600. The van der Waals surface area contributed by atoms with Crippen molar-refractivity contribution in [1.29, 1.82) is 0 Å². The number of alkyl halides is 1. The molecule has 3 nitrogen and oxygen atoms in total. The minimum Gasteiger partial charge on any atom is -0.348 e. The molecule has 0 aromatic rings. The van der Waals surface area contributed by atoms with Gasteiger partial charge in [-0.3, -0.25) is 4.79 Å². The number of ether oxygens (including phenoxy) is 2. The van der Waals surface area contributed by atoms with Crippen LogP contribution in [0.1, 0.15) is 71.6 Å². The SMILES string of the molecule is C[C@@]12CCC[C@H]1[C@@H]1CC[C@H]3CC4(CC[C@]3(C)[C@@]1(Br)C(=O)C2)OCCO4. The van der Waals surface area contributed by atoms with Gasteiger partial charge in [0.2, 0.25) is 0 Å². The van der Waals surface area contributed by atoms with Crippen LogP contribution in [0.15, 0.2) is 0 Å². The molecule has 4 heteroatoms. The van der Waals surface area contributed by atoms with Crippen molar-refractivity contribution in [3.05, 3.63) is 0 Å². The smallest absolute Gasteiger partial charge is 0.168 e. The van der Waals surface area contributed by atoms with Gasteiger partial charge in [0.25, 0.3) is 0 Å². The van der Waals surface area contributed by atoms with Crippen molar-refractivity contribution in [1.82, 2.24) is 0 Å². The summed E-state index contributed by atoms with van der Waals surface area (Å²) in [4.78, 5) is 13.6. The predicted octanol–water partition coefficient (Wildman–Crippen LogP) is 4.86. The van der Waals surface area contributed by atoms with Gasteiger partial charge in [-0.1, -0.05) is 36.2 Å². The Labute approximate surface area is 159 Å². The predicted molar refractivity (Wildman–Crippen MR) is 99.5 cm³/mol. The maximum absolute atomic E-state index is 13.6. The third-order valence-electron chi connectivity index (χ3n) is 9.08. The van der Waals surface area contributed by atoms with Gasteiger partial charge < -0.3 is 9.47 Å². The van der Waals surface area contributed by atoms with Crippen LogP contribution in [0, 0.1) is 28.6 Å². The summed E-state index contributed by atoms with van der Waals surface area (Å²) in [5, 5.41) is 0. The molecule has 25 heavy (non-hydrogen) atoms. The van der Waals surface area contributed by atoms with Gasteiger partial charge in [0.15, 0.2) is 11.6 Å². The van der Waals surface area contributed by atoms with Gasteiger partial charge >= 0.3 is 0 Å². The van der Waals surface area contributed by atoms with Gasteiger partial charge in [0, 0.05) is 19.3 Å². The molecular weight excluding hydrogens is 380 g/mol. The Morgan fingerprint density at radius 2 is 1.76 bits per heavy atom. The minimum atomic E-state index is -0.347. The first kappa shape index (κ1) is 17.2. The summed E-state index contributed by atoms with van der Waals surface area (Å²) in [5.41, 5.74) is 0.299. The lowest BCUT2D eigenvalue weighted by atomic mass is 9.44. The van der Waals surface area contributed by atoms with E-state index in [9.17, 15) is 4.79 Å². The van der Waals surface area contributed by atoms with E-state index in [1.165, 1.54) is 32.1 Å². The molecular formula is C21H31BrO3. The van der Waals surface area contributed by atoms with Crippen LogP contribution in [0.5, 0.6) is 0 Å². The number of halogens is 1. The molecule has 5 aliphatic rings. The van der Waals surface area contributed by atoms with Crippen molar-refractivity contribution < 1.29 is 14.3 Å². The zero-order valence-corrected chi connectivity index (χ0v) is 17.2. The molecule has 4 saturated carbocycles. The average molecular weight is 411 g/mol. The Kier molecular flexibility index (Phi) is 3.66. The lowest BCUT2D eigenvalue weighted by molar-refractivity contribution is -0.221. The number of hydrogen-bond donors (Lipinski definition) is 0. The van der Waals surface area contributed by atoms with Crippen LogP contribution >= 0.6 is 15.9 Å². The lowest BCUT2D eigenvalue weighted by Crippen LogP contribution is -2.67. The Hall–Kier alpha value is 0.0700. The Morgan fingerprint density at radius 3 is 2.52 bits per heavy atom. The van der Waals surface area contributed by atoms with Crippen LogP contribution in [-0.2, 0) is 14.3 Å². The quantitative estimate of drug-likeness (QED) is 0.534. The number of carbonyl (C=O) groups excluding carboxylic acids is 1. The second-order valence-corrected chi connectivity index (χ2v) is 11.3. The van der Waals surface area contributed by atoms with Gasteiger partial charge in [0.05, 0.1) is 17.5 Å². The maximum atomic E-state index is 13.6. The highest BCUT2D eigenvalue weighted by Gasteiger charge is 2.70. The molecule has 0 N–H and O–H groups in total. The van der Waals surface area contributed by atoms with Crippen LogP contribution in [0.3, 0.4) is 0 Å². The van der Waals surface area contributed by atoms with Crippen molar-refractivity contribution >= 4 is 21.7 Å². The number of hydrogen-bond acceptors (Lipinski definition) is 3. The van der Waals surface area contributed by atoms with E-state index < -0.39 is 0 Å². The lowest BCUT2D eigenvalue weighted by Gasteiger charge is -2.64. The molecule has 0 aromatic carbocycles. The van der Waals surface area contributed by atoms with Crippen molar-refractivity contribution in [3.63, 3.8) is 0 Å². The Balaban J connectivity index is 1.52. The van der Waals surface area contributed by atoms with E-state index >= 15 is 0 Å². The monoisotopic (exact) mass is 410 g/mol. The fourth-order valence-corrected chi connectivity index (χ4v) is 8.89. The van der Waals surface area contributed by atoms with Crippen molar-refractivity contribution in [2.45, 2.75) is 81.7 Å². The summed E-state index contributed by atoms with van der Waals surface area (Å²) in [5.74, 6) is 1.90. The molecule has 4 aliphatic carbocycles. The molecule has 1 aliphatic heterocycles. The van der Waals surface area contributed by atoms with Crippen LogP contribution in [0.2, 0.25) is 0 Å². The first-order valence-corrected chi connectivity index (χ1v) is 11.1. The number of carbonyl (C=O) groups is 1. The van der Waals surface area contributed by atoms with E-state index in [0.29, 0.717) is 17.6 Å². The summed E-state index contributed by atoms with van der Waals surface area (Å²) >= 11 is 4.16. The second-order valence-electron chi connectivity index (χ2n) is 10.1. The van der Waals surface area contributed by atoms with Crippen molar-refractivity contribution in [2.24, 2.45) is 28.6 Å². The van der Waals surface area contributed by atoms with Gasteiger partial charge in [-0.25, -0.2) is 0 Å². The number of Topliss-reactive ketones (excluding diaryl/α,β-unsaturated/α-hetero) is 1. The highest BCUT2D eigenvalue weighted by molar-refractivity contribution is 9.10. The molecule has 0 bridgehead atoms. The van der Waals surface area contributed by atoms with Crippen LogP contribution in [0.25, 0.3) is 0 Å². The minimum absolute atomic E-state index is 0.0392. The van der Waals surface area contributed by atoms with Crippen LogP contribution in [-0.4, -0.2) is 29.1 Å². The molecule has 1 heterocycles. The first-order valence-electron chi connectivity index (χ1n) is 10.3. The van der Waals surface area contributed by atoms with Gasteiger partial charge in [0.1, 0.15) is 0 Å². The number of fused-ring (bicyclic) bond motifs is 5. The molecule has 0 radical (unpaired) electrons. The fourth-order valence-electron chi connectivity index (χ4n) is 7.68. The van der Waals surface area contributed by atoms with E-state index in [1.54, 1.807) is 0 Å². The molecule has 140 valence electrons. The summed E-state index contributed by atoms with van der Waals surface area (Å²) in [6.07, 6.45) is 10.0. The maximum Gasteiger partial charge on any atom is 0.168 e. The molecule has 0 unspecified atom stereocenters. The number of rotatable bonds is 0. The van der Waals surface area contributed by atoms with Gasteiger partial charge in [-0.2, -0.15) is 0 Å². The molecule has 5 fully saturated rings. The second kappa shape index (κ2) is 5.32. The van der Waals surface area contributed by atoms with E-state index in [-0.39, 0.29) is 20.9 Å². The number of ketones is 1. The van der Waals surface area contributed by atoms with Crippen LogP contribution in [0.4, 0.5) is 0 Å². The topological polar surface area (TPSA) is 35.5 Å². The molecule has 0 aromatic heterocycles. The van der Waals surface area contributed by atoms with Crippen molar-refractivity contribution in [2.75, 3.05) is 13.2 Å². The van der Waals surface area contributed by atoms with E-state index in [2.05, 4.69) is 29.8 Å². The zero-order chi connectivity index (χ0) is 17.5. The summed E-state index contributed by atoms with van der Waals surface area (Å²) in [6.45, 7) is 6.24. The normalized spacial score (nSPS) is 54.2. The fraction of sp³-hybridized carbons (Fsp3) is 0.952. The van der Waals surface area contributed by atoms with E-state index in [0.717, 1.165) is 44.8 Å². The third-order valence-corrected chi connectivity index (χ3v) is 11.0.